The minimum absolute atomic E-state index is 0.128. The quantitative estimate of drug-likeness (QED) is 0.918. The molecule has 19 heavy (non-hydrogen) atoms. The first-order valence-corrected chi connectivity index (χ1v) is 7.34. The lowest BCUT2D eigenvalue weighted by Gasteiger charge is -2.14. The van der Waals surface area contributed by atoms with Crippen molar-refractivity contribution in [2.24, 2.45) is 0 Å². The largest absolute Gasteiger partial charge is 0.307 e. The van der Waals surface area contributed by atoms with E-state index in [2.05, 4.69) is 24.1 Å². The molecule has 2 rings (SSSR count). The molecule has 0 aliphatic carbocycles. The predicted octanol–water partition coefficient (Wildman–Crippen LogP) is 4.12. The molecule has 0 saturated heterocycles. The number of aromatic nitrogens is 1. The van der Waals surface area contributed by atoms with Crippen LogP contribution in [0.4, 0.5) is 4.39 Å². The number of thiazole rings is 1. The topological polar surface area (TPSA) is 24.9 Å². The lowest BCUT2D eigenvalue weighted by atomic mass is 10.1. The van der Waals surface area contributed by atoms with Gasteiger partial charge in [-0.3, -0.25) is 0 Å². The van der Waals surface area contributed by atoms with Crippen molar-refractivity contribution in [3.05, 3.63) is 50.2 Å². The van der Waals surface area contributed by atoms with Crippen LogP contribution in [0.5, 0.6) is 0 Å². The Labute approximate surface area is 121 Å². The van der Waals surface area contributed by atoms with Crippen LogP contribution in [0.1, 0.15) is 34.1 Å². The highest BCUT2D eigenvalue weighted by molar-refractivity contribution is 7.11. The molecule has 0 amide bonds. The fraction of sp³-hybridized carbons (Fsp3) is 0.357. The molecule has 2 aromatic rings. The van der Waals surface area contributed by atoms with E-state index < -0.39 is 0 Å². The third-order valence-electron chi connectivity index (χ3n) is 3.00. The zero-order valence-electron chi connectivity index (χ0n) is 11.1. The Morgan fingerprint density at radius 2 is 2.16 bits per heavy atom. The molecule has 1 atom stereocenters. The predicted molar refractivity (Wildman–Crippen MR) is 78.5 cm³/mol. The van der Waals surface area contributed by atoms with Crippen molar-refractivity contribution < 1.29 is 4.39 Å². The number of benzene rings is 1. The second-order valence-corrected chi connectivity index (χ2v) is 6.00. The van der Waals surface area contributed by atoms with Crippen molar-refractivity contribution in [1.29, 1.82) is 0 Å². The van der Waals surface area contributed by atoms with Crippen LogP contribution in [0.15, 0.2) is 18.2 Å². The van der Waals surface area contributed by atoms with Crippen LogP contribution in [-0.4, -0.2) is 12.0 Å². The van der Waals surface area contributed by atoms with Crippen LogP contribution >= 0.6 is 22.9 Å². The molecule has 1 N–H and O–H groups in total. The lowest BCUT2D eigenvalue weighted by molar-refractivity contribution is 0.616. The molecular weight excluding hydrogens is 283 g/mol. The van der Waals surface area contributed by atoms with Gasteiger partial charge in [0.05, 0.1) is 11.7 Å². The number of nitrogens with zero attached hydrogens (tertiary/aromatic N) is 1. The number of rotatable bonds is 4. The molecular formula is C14H16ClFN2S. The van der Waals surface area contributed by atoms with Gasteiger partial charge in [0.15, 0.2) is 0 Å². The Morgan fingerprint density at radius 3 is 2.68 bits per heavy atom. The maximum absolute atomic E-state index is 13.5. The molecule has 1 heterocycles. The van der Waals surface area contributed by atoms with E-state index in [9.17, 15) is 4.39 Å². The van der Waals surface area contributed by atoms with Gasteiger partial charge < -0.3 is 5.32 Å². The summed E-state index contributed by atoms with van der Waals surface area (Å²) in [5, 5.41) is 4.52. The van der Waals surface area contributed by atoms with E-state index in [0.717, 1.165) is 22.7 Å². The fourth-order valence-corrected chi connectivity index (χ4v) is 3.46. The number of hydrogen-bond donors (Lipinski definition) is 1. The van der Waals surface area contributed by atoms with E-state index in [0.29, 0.717) is 5.02 Å². The smallest absolute Gasteiger partial charge is 0.125 e. The van der Waals surface area contributed by atoms with E-state index in [1.807, 2.05) is 7.05 Å². The summed E-state index contributed by atoms with van der Waals surface area (Å²) in [7, 11) is 1.84. The maximum atomic E-state index is 13.5. The molecule has 2 nitrogen and oxygen atoms in total. The SMILES string of the molecule is CCc1nc(C(NC)c2cc(F)cc(Cl)c2)sc1C. The molecule has 1 aromatic carbocycles. The first-order chi connectivity index (χ1) is 9.05. The number of nitrogens with one attached hydrogen (secondary N) is 1. The Balaban J connectivity index is 2.43. The Hall–Kier alpha value is -0.970. The summed E-state index contributed by atoms with van der Waals surface area (Å²) in [5.41, 5.74) is 1.90. The van der Waals surface area contributed by atoms with Crippen molar-refractivity contribution in [2.75, 3.05) is 7.05 Å². The number of halogens is 2. The first kappa shape index (κ1) is 14.4. The van der Waals surface area contributed by atoms with Crippen molar-refractivity contribution in [3.63, 3.8) is 0 Å². The van der Waals surface area contributed by atoms with Gasteiger partial charge in [-0.25, -0.2) is 9.37 Å². The van der Waals surface area contributed by atoms with Crippen LogP contribution in [0, 0.1) is 12.7 Å². The molecule has 0 aliphatic rings. The van der Waals surface area contributed by atoms with Crippen molar-refractivity contribution in [2.45, 2.75) is 26.3 Å². The fourth-order valence-electron chi connectivity index (χ4n) is 2.08. The summed E-state index contributed by atoms with van der Waals surface area (Å²) in [4.78, 5) is 5.83. The van der Waals surface area contributed by atoms with Crippen molar-refractivity contribution in [1.82, 2.24) is 10.3 Å². The highest BCUT2D eigenvalue weighted by Crippen LogP contribution is 2.30. The molecule has 5 heteroatoms. The van der Waals surface area contributed by atoms with Crippen molar-refractivity contribution >= 4 is 22.9 Å². The van der Waals surface area contributed by atoms with E-state index in [4.69, 9.17) is 11.6 Å². The van der Waals surface area contributed by atoms with Gasteiger partial charge in [-0.1, -0.05) is 18.5 Å². The van der Waals surface area contributed by atoms with Gasteiger partial charge in [0.2, 0.25) is 0 Å². The Morgan fingerprint density at radius 1 is 1.42 bits per heavy atom. The van der Waals surface area contributed by atoms with Crippen LogP contribution < -0.4 is 5.32 Å². The summed E-state index contributed by atoms with van der Waals surface area (Å²) >= 11 is 7.56. The summed E-state index contributed by atoms with van der Waals surface area (Å²) in [6.07, 6.45) is 0.905. The normalized spacial score (nSPS) is 12.7. The molecule has 1 unspecified atom stereocenters. The third kappa shape index (κ3) is 3.14. The van der Waals surface area contributed by atoms with Gasteiger partial charge in [0, 0.05) is 9.90 Å². The average molecular weight is 299 g/mol. The summed E-state index contributed by atoms with van der Waals surface area (Å²) < 4.78 is 13.5. The van der Waals surface area contributed by atoms with Crippen LogP contribution in [0.3, 0.4) is 0 Å². The van der Waals surface area contributed by atoms with E-state index in [1.165, 1.54) is 17.0 Å². The molecule has 0 fully saturated rings. The van der Waals surface area contributed by atoms with E-state index in [1.54, 1.807) is 17.4 Å². The molecule has 0 saturated carbocycles. The van der Waals surface area contributed by atoms with Crippen molar-refractivity contribution in [3.8, 4) is 0 Å². The van der Waals surface area contributed by atoms with Crippen LogP contribution in [-0.2, 0) is 6.42 Å². The molecule has 0 aliphatic heterocycles. The van der Waals surface area contributed by atoms with Gasteiger partial charge in [0.1, 0.15) is 10.8 Å². The van der Waals surface area contributed by atoms with Gasteiger partial charge in [-0.15, -0.1) is 11.3 Å². The summed E-state index contributed by atoms with van der Waals surface area (Å²) in [5.74, 6) is -0.327. The van der Waals surface area contributed by atoms with Gasteiger partial charge >= 0.3 is 0 Å². The lowest BCUT2D eigenvalue weighted by Crippen LogP contribution is -2.17. The number of aryl methyl sites for hydroxylation is 2. The highest BCUT2D eigenvalue weighted by Gasteiger charge is 2.18. The van der Waals surface area contributed by atoms with Crippen LogP contribution in [0.2, 0.25) is 5.02 Å². The first-order valence-electron chi connectivity index (χ1n) is 6.14. The van der Waals surface area contributed by atoms with Crippen LogP contribution in [0.25, 0.3) is 0 Å². The minimum Gasteiger partial charge on any atom is -0.307 e. The third-order valence-corrected chi connectivity index (χ3v) is 4.29. The number of hydrogen-bond acceptors (Lipinski definition) is 3. The second kappa shape index (κ2) is 5.99. The standard InChI is InChI=1S/C14H16ClFN2S/c1-4-12-8(2)19-14(18-12)13(17-3)9-5-10(15)7-11(16)6-9/h5-7,13,17H,4H2,1-3H3. The summed E-state index contributed by atoms with van der Waals surface area (Å²) in [6.45, 7) is 4.14. The zero-order chi connectivity index (χ0) is 14.0. The summed E-state index contributed by atoms with van der Waals surface area (Å²) in [6, 6.07) is 4.45. The molecule has 0 bridgehead atoms. The second-order valence-electron chi connectivity index (χ2n) is 4.33. The average Bonchev–Trinajstić information content (AvgIpc) is 2.70. The van der Waals surface area contributed by atoms with Gasteiger partial charge in [0.25, 0.3) is 0 Å². The minimum atomic E-state index is -0.327. The zero-order valence-corrected chi connectivity index (χ0v) is 12.7. The molecule has 102 valence electrons. The molecule has 1 aromatic heterocycles. The highest BCUT2D eigenvalue weighted by atomic mass is 35.5. The van der Waals surface area contributed by atoms with Gasteiger partial charge in [-0.2, -0.15) is 0 Å². The molecule has 0 spiro atoms. The van der Waals surface area contributed by atoms with E-state index >= 15 is 0 Å². The maximum Gasteiger partial charge on any atom is 0.125 e. The van der Waals surface area contributed by atoms with E-state index in [-0.39, 0.29) is 11.9 Å². The van der Waals surface area contributed by atoms with Gasteiger partial charge in [-0.05, 0) is 44.2 Å². The molecule has 0 radical (unpaired) electrons. The Bertz CT molecular complexity index is 563. The monoisotopic (exact) mass is 298 g/mol. The Kier molecular flexibility index (Phi) is 4.55.